The molecule has 10 heteroatoms. The molecule has 1 aliphatic carbocycles. The minimum Gasteiger partial charge on any atom is -0.352 e. The second-order valence-electron chi connectivity index (χ2n) is 9.79. The number of hydrogen-bond acceptors (Lipinski definition) is 4. The van der Waals surface area contributed by atoms with Gasteiger partial charge in [0.2, 0.25) is 11.8 Å². The molecule has 3 rings (SSSR count). The Labute approximate surface area is 221 Å². The molecule has 7 nitrogen and oxygen atoms in total. The molecule has 0 unspecified atom stereocenters. The van der Waals surface area contributed by atoms with Gasteiger partial charge in [0.05, 0.1) is 12.1 Å². The Balaban J connectivity index is 1.59. The van der Waals surface area contributed by atoms with Crippen molar-refractivity contribution in [2.24, 2.45) is 0 Å². The molecule has 4 N–H and O–H groups in total. The number of amides is 3. The first kappa shape index (κ1) is 29.2. The third kappa shape index (κ3) is 8.86. The summed E-state index contributed by atoms with van der Waals surface area (Å²) in [5.41, 5.74) is 2.16. The zero-order valence-corrected chi connectivity index (χ0v) is 21.7. The van der Waals surface area contributed by atoms with Crippen molar-refractivity contribution in [1.82, 2.24) is 21.3 Å². The van der Waals surface area contributed by atoms with E-state index in [1.165, 1.54) is 6.07 Å². The third-order valence-corrected chi connectivity index (χ3v) is 6.63. The number of nitrogens with one attached hydrogen (secondary N) is 4. The summed E-state index contributed by atoms with van der Waals surface area (Å²) in [5, 5.41) is 11.2. The normalized spacial score (nSPS) is 15.0. The van der Waals surface area contributed by atoms with E-state index in [-0.39, 0.29) is 24.1 Å². The molecule has 1 aliphatic rings. The fourth-order valence-electron chi connectivity index (χ4n) is 4.50. The topological polar surface area (TPSA) is 99.3 Å². The van der Waals surface area contributed by atoms with Crippen molar-refractivity contribution in [3.05, 3.63) is 70.3 Å². The molecule has 2 aromatic carbocycles. The number of hydrogen-bond donors (Lipinski definition) is 4. The van der Waals surface area contributed by atoms with E-state index in [1.807, 2.05) is 26.0 Å². The maximum absolute atomic E-state index is 13.0. The second-order valence-corrected chi connectivity index (χ2v) is 9.79. The van der Waals surface area contributed by atoms with Crippen LogP contribution >= 0.6 is 0 Å². The van der Waals surface area contributed by atoms with E-state index in [0.717, 1.165) is 67.0 Å². The fraction of sp³-hybridized carbons (Fsp3) is 0.464. The van der Waals surface area contributed by atoms with E-state index in [0.29, 0.717) is 6.54 Å². The van der Waals surface area contributed by atoms with E-state index in [2.05, 4.69) is 27.3 Å². The molecule has 206 valence electrons. The molecule has 2 aromatic rings. The lowest BCUT2D eigenvalue weighted by Crippen LogP contribution is -2.55. The van der Waals surface area contributed by atoms with E-state index in [1.54, 1.807) is 0 Å². The van der Waals surface area contributed by atoms with E-state index in [9.17, 15) is 27.6 Å². The highest BCUT2D eigenvalue weighted by Gasteiger charge is 2.31. The number of benzene rings is 2. The number of halogens is 3. The lowest BCUT2D eigenvalue weighted by atomic mass is 9.95. The first-order chi connectivity index (χ1) is 18.0. The van der Waals surface area contributed by atoms with Crippen molar-refractivity contribution in [3.63, 3.8) is 0 Å². The van der Waals surface area contributed by atoms with Crippen LogP contribution < -0.4 is 21.3 Å². The lowest BCUT2D eigenvalue weighted by Gasteiger charge is -2.26. The van der Waals surface area contributed by atoms with Crippen molar-refractivity contribution in [3.8, 4) is 0 Å². The molecule has 0 bridgehead atoms. The van der Waals surface area contributed by atoms with Gasteiger partial charge in [-0.1, -0.05) is 49.1 Å². The molecule has 0 radical (unpaired) electrons. The van der Waals surface area contributed by atoms with Gasteiger partial charge in [0.1, 0.15) is 6.04 Å². The average molecular weight is 533 g/mol. The maximum Gasteiger partial charge on any atom is 0.416 e. The van der Waals surface area contributed by atoms with Crippen LogP contribution in [0, 0.1) is 13.8 Å². The highest BCUT2D eigenvalue weighted by Crippen LogP contribution is 2.29. The summed E-state index contributed by atoms with van der Waals surface area (Å²) in [6.45, 7) is 4.20. The predicted octanol–water partition coefficient (Wildman–Crippen LogP) is 3.78. The lowest BCUT2D eigenvalue weighted by molar-refractivity contribution is -0.137. The summed E-state index contributed by atoms with van der Waals surface area (Å²) in [7, 11) is 0. The van der Waals surface area contributed by atoms with E-state index in [4.69, 9.17) is 0 Å². The first-order valence-corrected chi connectivity index (χ1v) is 12.8. The number of carbonyl (C=O) groups is 3. The van der Waals surface area contributed by atoms with Crippen LogP contribution in [-0.4, -0.2) is 42.9 Å². The van der Waals surface area contributed by atoms with Crippen molar-refractivity contribution in [1.29, 1.82) is 0 Å². The van der Waals surface area contributed by atoms with Crippen molar-refractivity contribution >= 4 is 17.7 Å². The predicted molar refractivity (Wildman–Crippen MR) is 138 cm³/mol. The molecule has 3 amide bonds. The Morgan fingerprint density at radius 3 is 2.42 bits per heavy atom. The molecule has 1 fully saturated rings. The quantitative estimate of drug-likeness (QED) is 0.374. The van der Waals surface area contributed by atoms with Crippen LogP contribution in [0.3, 0.4) is 0 Å². The number of alkyl halides is 3. The zero-order chi connectivity index (χ0) is 27.7. The third-order valence-electron chi connectivity index (χ3n) is 6.63. The van der Waals surface area contributed by atoms with Gasteiger partial charge in [-0.05, 0) is 56.0 Å². The van der Waals surface area contributed by atoms with Crippen LogP contribution in [0.1, 0.15) is 64.7 Å². The van der Waals surface area contributed by atoms with Crippen LogP contribution in [0.4, 0.5) is 13.2 Å². The summed E-state index contributed by atoms with van der Waals surface area (Å²) in [6, 6.07) is 9.21. The summed E-state index contributed by atoms with van der Waals surface area (Å²) in [6.07, 6.45) is 0.389. The summed E-state index contributed by atoms with van der Waals surface area (Å²) in [5.74, 6) is -1.76. The van der Waals surface area contributed by atoms with Crippen molar-refractivity contribution < 1.29 is 27.6 Å². The molecular weight excluding hydrogens is 497 g/mol. The van der Waals surface area contributed by atoms with Gasteiger partial charge in [-0.3, -0.25) is 14.4 Å². The summed E-state index contributed by atoms with van der Waals surface area (Å²) >= 11 is 0. The molecule has 38 heavy (non-hydrogen) atoms. The highest BCUT2D eigenvalue weighted by atomic mass is 19.4. The Morgan fingerprint density at radius 2 is 1.74 bits per heavy atom. The Kier molecular flexibility index (Phi) is 10.3. The number of aryl methyl sites for hydroxylation is 2. The molecule has 0 saturated heterocycles. The zero-order valence-electron chi connectivity index (χ0n) is 21.7. The monoisotopic (exact) mass is 532 g/mol. The smallest absolute Gasteiger partial charge is 0.352 e. The van der Waals surface area contributed by atoms with Gasteiger partial charge >= 0.3 is 6.18 Å². The average Bonchev–Trinajstić information content (AvgIpc) is 2.88. The molecule has 1 atom stereocenters. The van der Waals surface area contributed by atoms with Gasteiger partial charge in [0.15, 0.2) is 0 Å². The van der Waals surface area contributed by atoms with E-state index >= 15 is 0 Å². The highest BCUT2D eigenvalue weighted by molar-refractivity contribution is 5.97. The van der Waals surface area contributed by atoms with Gasteiger partial charge in [0, 0.05) is 24.7 Å². The Hall–Kier alpha value is -3.40. The molecule has 1 saturated carbocycles. The molecule has 0 aliphatic heterocycles. The molecular formula is C28H35F3N4O3. The van der Waals surface area contributed by atoms with Crippen LogP contribution in [-0.2, 0) is 22.3 Å². The fourth-order valence-corrected chi connectivity index (χ4v) is 4.50. The van der Waals surface area contributed by atoms with Crippen LogP contribution in [0.25, 0.3) is 0 Å². The molecule has 0 spiro atoms. The first-order valence-electron chi connectivity index (χ1n) is 12.8. The van der Waals surface area contributed by atoms with Gasteiger partial charge in [-0.2, -0.15) is 13.2 Å². The van der Waals surface area contributed by atoms with Crippen LogP contribution in [0.2, 0.25) is 0 Å². The minimum absolute atomic E-state index is 0.0515. The van der Waals surface area contributed by atoms with Gasteiger partial charge in [-0.25, -0.2) is 0 Å². The SMILES string of the molecule is Cc1ccc(CNC[C@H](NC(=O)CNC(=O)c2cccc(C(F)(F)F)c2)C(=O)NC2CCCCC2)c(C)c1. The van der Waals surface area contributed by atoms with Gasteiger partial charge < -0.3 is 21.3 Å². The van der Waals surface area contributed by atoms with Crippen LogP contribution in [0.5, 0.6) is 0 Å². The molecule has 0 aromatic heterocycles. The summed E-state index contributed by atoms with van der Waals surface area (Å²) < 4.78 is 38.8. The molecule has 0 heterocycles. The van der Waals surface area contributed by atoms with Crippen LogP contribution in [0.15, 0.2) is 42.5 Å². The maximum atomic E-state index is 13.0. The largest absolute Gasteiger partial charge is 0.416 e. The summed E-state index contributed by atoms with van der Waals surface area (Å²) in [4.78, 5) is 38.0. The van der Waals surface area contributed by atoms with E-state index < -0.39 is 36.1 Å². The number of rotatable bonds is 10. The minimum atomic E-state index is -4.59. The Bertz CT molecular complexity index is 1130. The Morgan fingerprint density at radius 1 is 1.00 bits per heavy atom. The standard InChI is InChI=1S/C28H35F3N4O3/c1-18-11-12-21(19(2)13-18)15-32-16-24(27(38)34-23-9-4-3-5-10-23)35-25(36)17-33-26(37)20-7-6-8-22(14-20)28(29,30)31/h6-8,11-14,23-24,32H,3-5,9-10,15-17H2,1-2H3,(H,33,37)(H,34,38)(H,35,36)/t24-/m0/s1. The van der Waals surface area contributed by atoms with Crippen molar-refractivity contribution in [2.45, 2.75) is 70.8 Å². The number of carbonyl (C=O) groups excluding carboxylic acids is 3. The van der Waals surface area contributed by atoms with Gasteiger partial charge in [-0.15, -0.1) is 0 Å². The van der Waals surface area contributed by atoms with Gasteiger partial charge in [0.25, 0.3) is 5.91 Å². The van der Waals surface area contributed by atoms with Crippen molar-refractivity contribution in [2.75, 3.05) is 13.1 Å². The second kappa shape index (κ2) is 13.4.